The van der Waals surface area contributed by atoms with E-state index in [2.05, 4.69) is 47.4 Å². The molecule has 8 nitrogen and oxygen atoms in total. The second-order valence-corrected chi connectivity index (χ2v) is 14.2. The lowest BCUT2D eigenvalue weighted by molar-refractivity contribution is -0.132. The van der Waals surface area contributed by atoms with Gasteiger partial charge in [0.15, 0.2) is 0 Å². The van der Waals surface area contributed by atoms with Gasteiger partial charge in [0.05, 0.1) is 17.3 Å². The van der Waals surface area contributed by atoms with Gasteiger partial charge >= 0.3 is 11.6 Å². The number of hydrogen-bond donors (Lipinski definition) is 1. The molecule has 7 rings (SSSR count). The molecule has 0 fully saturated rings. The Morgan fingerprint density at radius 1 is 1.02 bits per heavy atom. The summed E-state index contributed by atoms with van der Waals surface area (Å²) in [6, 6.07) is 13.3. The standard InChI is InChI=1S/C33H28N4O4S2/c1-32(2)9-11-37-12-10-33(3,4)25-28(37)23(32)15-17-14-22(31(40)41-29(17)25)20-6-7-21(27-26(20)35-43-36-27)24-8-5-19(42-24)13-18(16-34)30(38)39/h5-8,13-15H,9-12H2,1-4H3,(H,38,39)/b18-13+. The van der Waals surface area contributed by atoms with Gasteiger partial charge in [0.1, 0.15) is 28.3 Å². The zero-order valence-electron chi connectivity index (χ0n) is 24.1. The molecule has 0 spiro atoms. The van der Waals surface area contributed by atoms with Crippen molar-refractivity contribution in [1.29, 1.82) is 5.26 Å². The summed E-state index contributed by atoms with van der Waals surface area (Å²) in [6.07, 6.45) is 3.41. The first-order chi connectivity index (χ1) is 20.5. The summed E-state index contributed by atoms with van der Waals surface area (Å²) in [5.41, 5.74) is 6.63. The Balaban J connectivity index is 1.39. The zero-order valence-corrected chi connectivity index (χ0v) is 25.8. The van der Waals surface area contributed by atoms with Gasteiger partial charge in [0, 0.05) is 50.6 Å². The zero-order chi connectivity index (χ0) is 30.3. The second kappa shape index (κ2) is 9.59. The Labute approximate surface area is 255 Å². The van der Waals surface area contributed by atoms with Crippen LogP contribution in [0.4, 0.5) is 5.69 Å². The Hall–Kier alpha value is -4.33. The summed E-state index contributed by atoms with van der Waals surface area (Å²) in [5.74, 6) is -1.27. The number of fused-ring (bicyclic) bond motifs is 3. The molecule has 0 saturated heterocycles. The fraction of sp³-hybridized carbons (Fsp3) is 0.303. The van der Waals surface area contributed by atoms with Crippen molar-refractivity contribution < 1.29 is 14.3 Å². The third-order valence-electron chi connectivity index (χ3n) is 8.97. The maximum atomic E-state index is 13.7. The van der Waals surface area contributed by atoms with Crippen LogP contribution in [0.15, 0.2) is 51.2 Å². The molecule has 0 aliphatic carbocycles. The van der Waals surface area contributed by atoms with Crippen LogP contribution in [0, 0.1) is 11.3 Å². The third-order valence-corrected chi connectivity index (χ3v) is 10.6. The number of nitriles is 1. The maximum Gasteiger partial charge on any atom is 0.346 e. The van der Waals surface area contributed by atoms with Crippen molar-refractivity contribution in [2.75, 3.05) is 18.0 Å². The number of hydrogen-bond acceptors (Lipinski definition) is 9. The number of rotatable bonds is 4. The predicted octanol–water partition coefficient (Wildman–Crippen LogP) is 7.35. The number of benzene rings is 2. The number of carboxylic acids is 1. The summed E-state index contributed by atoms with van der Waals surface area (Å²) < 4.78 is 15.4. The first-order valence-electron chi connectivity index (χ1n) is 14.1. The number of thiophene rings is 1. The van der Waals surface area contributed by atoms with Gasteiger partial charge in [-0.15, -0.1) is 11.3 Å². The van der Waals surface area contributed by atoms with Crippen molar-refractivity contribution in [3.05, 3.63) is 68.4 Å². The van der Waals surface area contributed by atoms with Crippen molar-refractivity contribution >= 4 is 62.8 Å². The minimum atomic E-state index is -1.27. The maximum absolute atomic E-state index is 13.7. The van der Waals surface area contributed by atoms with Crippen LogP contribution in [0.3, 0.4) is 0 Å². The number of aliphatic carboxylic acids is 1. The minimum Gasteiger partial charge on any atom is -0.477 e. The van der Waals surface area contributed by atoms with Crippen LogP contribution in [0.2, 0.25) is 0 Å². The van der Waals surface area contributed by atoms with E-state index >= 15 is 0 Å². The van der Waals surface area contributed by atoms with E-state index < -0.39 is 11.6 Å². The molecule has 0 saturated carbocycles. The average Bonchev–Trinajstić information content (AvgIpc) is 3.64. The Kier molecular flexibility index (Phi) is 6.13. The van der Waals surface area contributed by atoms with Crippen molar-refractivity contribution in [2.45, 2.75) is 51.4 Å². The topological polar surface area (TPSA) is 120 Å². The summed E-state index contributed by atoms with van der Waals surface area (Å²) >= 11 is 2.43. The van der Waals surface area contributed by atoms with E-state index in [1.807, 2.05) is 24.3 Å². The third kappa shape index (κ3) is 4.29. The molecule has 2 aromatic carbocycles. The van der Waals surface area contributed by atoms with Gasteiger partial charge in [-0.3, -0.25) is 0 Å². The highest BCUT2D eigenvalue weighted by molar-refractivity contribution is 7.16. The minimum absolute atomic E-state index is 0.000535. The van der Waals surface area contributed by atoms with Gasteiger partial charge in [-0.05, 0) is 59.6 Å². The van der Waals surface area contributed by atoms with Crippen LogP contribution >= 0.6 is 23.1 Å². The van der Waals surface area contributed by atoms with Gasteiger partial charge in [-0.1, -0.05) is 39.8 Å². The average molecular weight is 609 g/mol. The second-order valence-electron chi connectivity index (χ2n) is 12.6. The first kappa shape index (κ1) is 27.5. The van der Waals surface area contributed by atoms with E-state index in [-0.39, 0.29) is 16.4 Å². The number of anilines is 1. The lowest BCUT2D eigenvalue weighted by Gasteiger charge is -2.48. The molecule has 10 heteroatoms. The van der Waals surface area contributed by atoms with Crippen molar-refractivity contribution in [2.24, 2.45) is 0 Å². The monoisotopic (exact) mass is 608 g/mol. The van der Waals surface area contributed by atoms with Gasteiger partial charge in [0.2, 0.25) is 0 Å². The van der Waals surface area contributed by atoms with Crippen LogP contribution in [0.5, 0.6) is 0 Å². The van der Waals surface area contributed by atoms with E-state index in [1.165, 1.54) is 28.7 Å². The molecule has 0 radical (unpaired) electrons. The largest absolute Gasteiger partial charge is 0.477 e. The van der Waals surface area contributed by atoms with Crippen LogP contribution in [0.1, 0.15) is 56.5 Å². The van der Waals surface area contributed by atoms with E-state index in [9.17, 15) is 14.7 Å². The molecule has 5 heterocycles. The number of carboxylic acid groups (broad SMARTS) is 1. The number of nitrogens with zero attached hydrogens (tertiary/aromatic N) is 4. The number of aromatic nitrogens is 2. The molecule has 3 aromatic heterocycles. The van der Waals surface area contributed by atoms with Gasteiger partial charge < -0.3 is 14.4 Å². The highest BCUT2D eigenvalue weighted by Gasteiger charge is 2.42. The lowest BCUT2D eigenvalue weighted by Crippen LogP contribution is -2.44. The van der Waals surface area contributed by atoms with E-state index in [0.29, 0.717) is 32.6 Å². The van der Waals surface area contributed by atoms with Crippen molar-refractivity contribution in [3.63, 3.8) is 0 Å². The van der Waals surface area contributed by atoms with E-state index in [1.54, 1.807) is 12.1 Å². The van der Waals surface area contributed by atoms with Crippen LogP contribution in [-0.4, -0.2) is 32.9 Å². The lowest BCUT2D eigenvalue weighted by atomic mass is 9.69. The summed E-state index contributed by atoms with van der Waals surface area (Å²) in [4.78, 5) is 29.0. The van der Waals surface area contributed by atoms with Crippen LogP contribution < -0.4 is 10.5 Å². The predicted molar refractivity (Wildman–Crippen MR) is 171 cm³/mol. The first-order valence-corrected chi connectivity index (χ1v) is 15.6. The van der Waals surface area contributed by atoms with Crippen LogP contribution in [-0.2, 0) is 15.6 Å². The molecule has 0 atom stereocenters. The molecule has 2 aliphatic heterocycles. The molecule has 0 bridgehead atoms. The Morgan fingerprint density at radius 3 is 2.44 bits per heavy atom. The smallest absolute Gasteiger partial charge is 0.346 e. The Bertz CT molecular complexity index is 2120. The van der Waals surface area contributed by atoms with Crippen molar-refractivity contribution in [1.82, 2.24) is 8.75 Å². The molecule has 1 N–H and O–H groups in total. The van der Waals surface area contributed by atoms with Gasteiger partial charge in [0.25, 0.3) is 0 Å². The van der Waals surface area contributed by atoms with Crippen molar-refractivity contribution in [3.8, 4) is 27.6 Å². The molecule has 216 valence electrons. The molecular weight excluding hydrogens is 581 g/mol. The molecule has 43 heavy (non-hydrogen) atoms. The molecule has 5 aromatic rings. The van der Waals surface area contributed by atoms with Gasteiger partial charge in [-0.25, -0.2) is 9.59 Å². The molecule has 2 aliphatic rings. The Morgan fingerprint density at radius 2 is 1.72 bits per heavy atom. The summed E-state index contributed by atoms with van der Waals surface area (Å²) in [6.45, 7) is 11.1. The normalized spacial score (nSPS) is 17.2. The highest BCUT2D eigenvalue weighted by Crippen LogP contribution is 2.52. The summed E-state index contributed by atoms with van der Waals surface area (Å²) in [7, 11) is 0. The molecule has 0 unspecified atom stereocenters. The fourth-order valence-corrected chi connectivity index (χ4v) is 8.03. The quantitative estimate of drug-likeness (QED) is 0.128. The SMILES string of the molecule is CC1(C)CCN2CCC(C)(C)c3c2c1cc1cc(-c2ccc(-c4ccc(/C=C(\C#N)C(=O)O)s4)c4nsnc24)c(=O)oc31. The highest BCUT2D eigenvalue weighted by atomic mass is 32.1. The van der Waals surface area contributed by atoms with Gasteiger partial charge in [-0.2, -0.15) is 14.0 Å². The summed E-state index contributed by atoms with van der Waals surface area (Å²) in [5, 5.41) is 19.3. The number of carbonyl (C=O) groups is 1. The molecule has 0 amide bonds. The van der Waals surface area contributed by atoms with E-state index in [4.69, 9.17) is 9.68 Å². The fourth-order valence-electron chi connectivity index (χ4n) is 6.48. The van der Waals surface area contributed by atoms with Crippen LogP contribution in [0.25, 0.3) is 49.6 Å². The molecular formula is C33H28N4O4S2. The van der Waals surface area contributed by atoms with E-state index in [0.717, 1.165) is 59.0 Å².